The summed E-state index contributed by atoms with van der Waals surface area (Å²) >= 11 is 0. The van der Waals surface area contributed by atoms with Gasteiger partial charge in [-0.15, -0.1) is 0 Å². The molecule has 0 spiro atoms. The zero-order chi connectivity index (χ0) is 25.5. The number of aryl methyl sites for hydroxylation is 2. The van der Waals surface area contributed by atoms with Crippen molar-refractivity contribution in [3.05, 3.63) is 65.7 Å². The largest absolute Gasteiger partial charge is 0.478 e. The van der Waals surface area contributed by atoms with Gasteiger partial charge in [0, 0.05) is 29.8 Å². The highest BCUT2D eigenvalue weighted by Gasteiger charge is 2.23. The number of hydrogen-bond donors (Lipinski definition) is 1. The highest BCUT2D eigenvalue weighted by molar-refractivity contribution is 5.96. The van der Waals surface area contributed by atoms with Gasteiger partial charge in [0.15, 0.2) is 0 Å². The normalized spacial score (nSPS) is 13.1. The number of aromatic nitrogens is 4. The van der Waals surface area contributed by atoms with E-state index in [-0.39, 0.29) is 0 Å². The van der Waals surface area contributed by atoms with Crippen LogP contribution in [0, 0.1) is 6.92 Å². The van der Waals surface area contributed by atoms with Crippen LogP contribution < -0.4 is 0 Å². The Kier molecular flexibility index (Phi) is 8.74. The fourth-order valence-corrected chi connectivity index (χ4v) is 4.82. The first-order valence-electron chi connectivity index (χ1n) is 12.6. The number of benzene rings is 2. The number of fused-ring (bicyclic) bond motifs is 1. The first-order chi connectivity index (χ1) is 17.0. The molecule has 2 aromatic heterocycles. The van der Waals surface area contributed by atoms with Gasteiger partial charge in [-0.25, -0.2) is 14.8 Å². The second-order valence-corrected chi connectivity index (χ2v) is 8.34. The number of aromatic carboxylic acids is 1. The molecule has 1 aliphatic rings. The van der Waals surface area contributed by atoms with E-state index in [4.69, 9.17) is 0 Å². The van der Waals surface area contributed by atoms with Gasteiger partial charge < -0.3 is 5.11 Å². The minimum atomic E-state index is -0.863. The number of carboxylic acids is 1. The SMILES string of the molecule is CC.CC.Cc1nn(C)cc1-c1ccc2c(-c3ccc(C(=O)O)c(C4CCCC4)c3)ncnc2c1. The molecular weight excluding hydrogens is 436 g/mol. The Balaban J connectivity index is 0.000000815. The molecule has 0 amide bonds. The van der Waals surface area contributed by atoms with E-state index in [9.17, 15) is 9.90 Å². The van der Waals surface area contributed by atoms with E-state index in [1.165, 1.54) is 0 Å². The lowest BCUT2D eigenvalue weighted by atomic mass is 9.90. The van der Waals surface area contributed by atoms with Crippen molar-refractivity contribution in [2.24, 2.45) is 7.05 Å². The smallest absolute Gasteiger partial charge is 0.335 e. The number of carbonyl (C=O) groups is 1. The van der Waals surface area contributed by atoms with Crippen molar-refractivity contribution < 1.29 is 9.90 Å². The van der Waals surface area contributed by atoms with Crippen LogP contribution in [0.1, 0.15) is 80.9 Å². The van der Waals surface area contributed by atoms with Crippen LogP contribution in [-0.2, 0) is 7.05 Å². The average Bonchev–Trinajstić information content (AvgIpc) is 3.55. The maximum Gasteiger partial charge on any atom is 0.335 e. The van der Waals surface area contributed by atoms with Gasteiger partial charge >= 0.3 is 5.97 Å². The van der Waals surface area contributed by atoms with Crippen molar-refractivity contribution in [1.29, 1.82) is 0 Å². The molecular formula is C29H36N4O2. The summed E-state index contributed by atoms with van der Waals surface area (Å²) in [4.78, 5) is 20.9. The zero-order valence-corrected chi connectivity index (χ0v) is 21.7. The van der Waals surface area contributed by atoms with Crippen molar-refractivity contribution in [2.75, 3.05) is 0 Å². The zero-order valence-electron chi connectivity index (χ0n) is 21.7. The number of nitrogens with zero attached hydrogens (tertiary/aromatic N) is 4. The van der Waals surface area contributed by atoms with Gasteiger partial charge in [0.25, 0.3) is 0 Å². The van der Waals surface area contributed by atoms with Crippen LogP contribution in [-0.4, -0.2) is 30.8 Å². The summed E-state index contributed by atoms with van der Waals surface area (Å²) in [5.74, 6) is -0.559. The summed E-state index contributed by atoms with van der Waals surface area (Å²) < 4.78 is 1.81. The maximum atomic E-state index is 11.8. The molecule has 1 saturated carbocycles. The van der Waals surface area contributed by atoms with Gasteiger partial charge in [-0.05, 0) is 61.1 Å². The molecule has 0 saturated heterocycles. The van der Waals surface area contributed by atoms with Crippen molar-refractivity contribution in [2.45, 2.75) is 66.2 Å². The Hall–Kier alpha value is -3.54. The Morgan fingerprint density at radius 3 is 2.29 bits per heavy atom. The summed E-state index contributed by atoms with van der Waals surface area (Å²) in [5.41, 5.74) is 7.08. The lowest BCUT2D eigenvalue weighted by Crippen LogP contribution is -2.06. The molecule has 35 heavy (non-hydrogen) atoms. The van der Waals surface area contributed by atoms with Gasteiger partial charge in [0.05, 0.1) is 22.5 Å². The van der Waals surface area contributed by atoms with Crippen molar-refractivity contribution >= 4 is 16.9 Å². The minimum Gasteiger partial charge on any atom is -0.478 e. The van der Waals surface area contributed by atoms with Gasteiger partial charge in [0.2, 0.25) is 0 Å². The Bertz CT molecular complexity index is 1300. The number of carboxylic acid groups (broad SMARTS) is 1. The topological polar surface area (TPSA) is 80.9 Å². The molecule has 1 fully saturated rings. The number of hydrogen-bond acceptors (Lipinski definition) is 4. The molecule has 1 aliphatic carbocycles. The minimum absolute atomic E-state index is 0.305. The van der Waals surface area contributed by atoms with E-state index in [1.807, 2.05) is 70.7 Å². The molecule has 0 atom stereocenters. The molecule has 5 rings (SSSR count). The first-order valence-corrected chi connectivity index (χ1v) is 12.6. The number of rotatable bonds is 4. The van der Waals surface area contributed by atoms with E-state index in [2.05, 4.69) is 27.2 Å². The van der Waals surface area contributed by atoms with Gasteiger partial charge in [-0.3, -0.25) is 4.68 Å². The standard InChI is InChI=1S/C25H24N4O2.2C2H6/c1-15-22(13-29(2)28-15)17-7-10-20-23(12-17)26-14-27-24(20)18-8-9-19(25(30)31)21(11-18)16-5-3-4-6-16;2*1-2/h7-14,16H,3-6H2,1-2H3,(H,30,31);2*1-2H3. The van der Waals surface area contributed by atoms with E-state index >= 15 is 0 Å². The van der Waals surface area contributed by atoms with E-state index in [0.29, 0.717) is 11.5 Å². The molecule has 6 heteroatoms. The molecule has 0 radical (unpaired) electrons. The average molecular weight is 473 g/mol. The Labute approximate surface area is 208 Å². The predicted octanol–water partition coefficient (Wildman–Crippen LogP) is 7.41. The molecule has 0 bridgehead atoms. The fraction of sp³-hybridized carbons (Fsp3) is 0.379. The summed E-state index contributed by atoms with van der Waals surface area (Å²) in [6.45, 7) is 10.00. The van der Waals surface area contributed by atoms with Crippen LogP contribution in [0.25, 0.3) is 33.3 Å². The second-order valence-electron chi connectivity index (χ2n) is 8.34. The summed E-state index contributed by atoms with van der Waals surface area (Å²) in [6, 6.07) is 11.8. The van der Waals surface area contributed by atoms with Crippen LogP contribution in [0.5, 0.6) is 0 Å². The molecule has 184 valence electrons. The van der Waals surface area contributed by atoms with Crippen molar-refractivity contribution in [3.63, 3.8) is 0 Å². The van der Waals surface area contributed by atoms with Gasteiger partial charge in [0.1, 0.15) is 6.33 Å². The van der Waals surface area contributed by atoms with E-state index in [0.717, 1.165) is 70.2 Å². The van der Waals surface area contributed by atoms with Crippen LogP contribution in [0.2, 0.25) is 0 Å². The maximum absolute atomic E-state index is 11.8. The molecule has 1 N–H and O–H groups in total. The van der Waals surface area contributed by atoms with Crippen LogP contribution in [0.15, 0.2) is 48.9 Å². The van der Waals surface area contributed by atoms with Crippen LogP contribution in [0.4, 0.5) is 0 Å². The lowest BCUT2D eigenvalue weighted by Gasteiger charge is -2.15. The first kappa shape index (κ1) is 26.1. The predicted molar refractivity (Wildman–Crippen MR) is 143 cm³/mol. The molecule has 0 unspecified atom stereocenters. The summed E-state index contributed by atoms with van der Waals surface area (Å²) in [6.07, 6.45) is 7.99. The van der Waals surface area contributed by atoms with Crippen LogP contribution >= 0.6 is 0 Å². The van der Waals surface area contributed by atoms with Gasteiger partial charge in [-0.2, -0.15) is 5.10 Å². The van der Waals surface area contributed by atoms with Crippen LogP contribution in [0.3, 0.4) is 0 Å². The molecule has 0 aliphatic heterocycles. The highest BCUT2D eigenvalue weighted by Crippen LogP contribution is 2.38. The monoisotopic (exact) mass is 472 g/mol. The van der Waals surface area contributed by atoms with E-state index in [1.54, 1.807) is 12.4 Å². The van der Waals surface area contributed by atoms with Crippen molar-refractivity contribution in [1.82, 2.24) is 19.7 Å². The van der Waals surface area contributed by atoms with Gasteiger partial charge in [-0.1, -0.05) is 52.7 Å². The highest BCUT2D eigenvalue weighted by atomic mass is 16.4. The second kappa shape index (κ2) is 11.7. The van der Waals surface area contributed by atoms with E-state index < -0.39 is 5.97 Å². The molecule has 6 nitrogen and oxygen atoms in total. The summed E-state index contributed by atoms with van der Waals surface area (Å²) in [7, 11) is 1.92. The third kappa shape index (κ3) is 5.42. The third-order valence-electron chi connectivity index (χ3n) is 6.31. The van der Waals surface area contributed by atoms with Crippen molar-refractivity contribution in [3.8, 4) is 22.4 Å². The lowest BCUT2D eigenvalue weighted by molar-refractivity contribution is 0.0695. The molecule has 2 aromatic carbocycles. The summed E-state index contributed by atoms with van der Waals surface area (Å²) in [5, 5.41) is 15.1. The quantitative estimate of drug-likeness (QED) is 0.334. The fourth-order valence-electron chi connectivity index (χ4n) is 4.82. The molecule has 4 aromatic rings. The Morgan fingerprint density at radius 2 is 1.66 bits per heavy atom. The third-order valence-corrected chi connectivity index (χ3v) is 6.31. The molecule has 2 heterocycles. The Morgan fingerprint density at radius 1 is 0.971 bits per heavy atom.